The molecule has 3 rings (SSSR count). The van der Waals surface area contributed by atoms with Gasteiger partial charge in [-0.1, -0.05) is 35.5 Å². The molecule has 0 atom stereocenters. The Bertz CT molecular complexity index is 898. The first kappa shape index (κ1) is 20.2. The first-order valence-electron chi connectivity index (χ1n) is 8.84. The van der Waals surface area contributed by atoms with Crippen LogP contribution in [0.3, 0.4) is 0 Å². The number of benzene rings is 2. The molecule has 3 aromatic rings. The summed E-state index contributed by atoms with van der Waals surface area (Å²) in [5.74, 6) is 1.33. The van der Waals surface area contributed by atoms with Crippen molar-refractivity contribution in [1.82, 2.24) is 15.5 Å². The molecule has 1 N–H and O–H groups in total. The molecule has 0 aliphatic rings. The quantitative estimate of drug-likeness (QED) is 0.525. The van der Waals surface area contributed by atoms with Crippen LogP contribution >= 0.6 is 23.4 Å². The summed E-state index contributed by atoms with van der Waals surface area (Å²) in [6.07, 6.45) is 0.746. The maximum atomic E-state index is 12.0. The summed E-state index contributed by atoms with van der Waals surface area (Å²) in [6, 6.07) is 15.0. The first-order chi connectivity index (χ1) is 13.6. The number of carbonyl (C=O) groups excluding carboxylic acids is 1. The molecule has 28 heavy (non-hydrogen) atoms. The van der Waals surface area contributed by atoms with Gasteiger partial charge in [-0.3, -0.25) is 4.79 Å². The topological polar surface area (TPSA) is 77.2 Å². The lowest BCUT2D eigenvalue weighted by Gasteiger charge is -2.04. The van der Waals surface area contributed by atoms with Crippen molar-refractivity contribution in [3.05, 3.63) is 59.1 Å². The molecule has 146 valence electrons. The van der Waals surface area contributed by atoms with Gasteiger partial charge in [0.05, 0.1) is 12.4 Å². The number of carbonyl (C=O) groups is 1. The van der Waals surface area contributed by atoms with Crippen molar-refractivity contribution in [3.63, 3.8) is 0 Å². The van der Waals surface area contributed by atoms with Crippen molar-refractivity contribution >= 4 is 29.3 Å². The maximum Gasteiger partial charge on any atom is 0.277 e. The third kappa shape index (κ3) is 6.00. The fourth-order valence-corrected chi connectivity index (χ4v) is 3.14. The van der Waals surface area contributed by atoms with Gasteiger partial charge in [-0.25, -0.2) is 0 Å². The number of halogens is 1. The summed E-state index contributed by atoms with van der Waals surface area (Å²) in [5.41, 5.74) is 1.92. The van der Waals surface area contributed by atoms with Gasteiger partial charge in [0.25, 0.3) is 5.22 Å². The largest absolute Gasteiger partial charge is 0.494 e. The van der Waals surface area contributed by atoms with Crippen molar-refractivity contribution in [2.75, 3.05) is 18.9 Å². The molecule has 0 aliphatic carbocycles. The van der Waals surface area contributed by atoms with Crippen LogP contribution in [0.1, 0.15) is 12.5 Å². The number of hydrogen-bond acceptors (Lipinski definition) is 6. The third-order valence-corrected chi connectivity index (χ3v) is 4.87. The molecule has 0 fully saturated rings. The second-order valence-electron chi connectivity index (χ2n) is 5.85. The average Bonchev–Trinajstić information content (AvgIpc) is 3.18. The normalized spacial score (nSPS) is 10.6. The number of hydrogen-bond donors (Lipinski definition) is 1. The molecule has 0 radical (unpaired) electrons. The van der Waals surface area contributed by atoms with Gasteiger partial charge in [0.2, 0.25) is 11.8 Å². The molecule has 2 aromatic carbocycles. The number of amides is 1. The molecular weight excluding hydrogens is 398 g/mol. The van der Waals surface area contributed by atoms with Gasteiger partial charge in [-0.2, -0.15) is 0 Å². The fraction of sp³-hybridized carbons (Fsp3) is 0.250. The van der Waals surface area contributed by atoms with Gasteiger partial charge in [-0.05, 0) is 55.3 Å². The highest BCUT2D eigenvalue weighted by atomic mass is 35.5. The molecule has 1 heterocycles. The Kier molecular flexibility index (Phi) is 7.33. The van der Waals surface area contributed by atoms with Crippen LogP contribution < -0.4 is 10.1 Å². The van der Waals surface area contributed by atoms with Gasteiger partial charge < -0.3 is 14.5 Å². The number of ether oxygens (including phenoxy) is 1. The van der Waals surface area contributed by atoms with E-state index in [2.05, 4.69) is 15.5 Å². The minimum Gasteiger partial charge on any atom is -0.494 e. The van der Waals surface area contributed by atoms with Crippen molar-refractivity contribution < 1.29 is 13.9 Å². The van der Waals surface area contributed by atoms with E-state index in [-0.39, 0.29) is 11.7 Å². The highest BCUT2D eigenvalue weighted by molar-refractivity contribution is 7.99. The van der Waals surface area contributed by atoms with E-state index in [4.69, 9.17) is 20.8 Å². The predicted octanol–water partition coefficient (Wildman–Crippen LogP) is 4.24. The summed E-state index contributed by atoms with van der Waals surface area (Å²) in [7, 11) is 0. The molecule has 6 nitrogen and oxygen atoms in total. The van der Waals surface area contributed by atoms with Crippen LogP contribution in [0.25, 0.3) is 11.5 Å². The predicted molar refractivity (Wildman–Crippen MR) is 110 cm³/mol. The number of rotatable bonds is 9. The highest BCUT2D eigenvalue weighted by Gasteiger charge is 2.11. The Labute approximate surface area is 172 Å². The van der Waals surface area contributed by atoms with Crippen molar-refractivity contribution in [3.8, 4) is 17.2 Å². The zero-order chi connectivity index (χ0) is 19.8. The molecule has 0 aliphatic heterocycles. The van der Waals surface area contributed by atoms with Crippen LogP contribution in [0.4, 0.5) is 0 Å². The molecule has 0 saturated carbocycles. The summed E-state index contributed by atoms with van der Waals surface area (Å²) in [4.78, 5) is 12.0. The third-order valence-electron chi connectivity index (χ3n) is 3.79. The van der Waals surface area contributed by atoms with Crippen LogP contribution in [0, 0.1) is 0 Å². The summed E-state index contributed by atoms with van der Waals surface area (Å²) < 4.78 is 11.0. The van der Waals surface area contributed by atoms with Gasteiger partial charge >= 0.3 is 0 Å². The van der Waals surface area contributed by atoms with E-state index in [9.17, 15) is 4.79 Å². The Hall–Kier alpha value is -2.51. The average molecular weight is 418 g/mol. The lowest BCUT2D eigenvalue weighted by molar-refractivity contribution is -0.118. The Morgan fingerprint density at radius 2 is 1.89 bits per heavy atom. The molecular formula is C20H20ClN3O3S. The SMILES string of the molecule is CCOc1ccc(-c2nnc(SCC(=O)NCCc3ccc(Cl)cc3)o2)cc1. The molecule has 1 aromatic heterocycles. The van der Waals surface area contributed by atoms with E-state index in [1.807, 2.05) is 55.5 Å². The summed E-state index contributed by atoms with van der Waals surface area (Å²) >= 11 is 7.07. The molecule has 8 heteroatoms. The lowest BCUT2D eigenvalue weighted by Crippen LogP contribution is -2.27. The fourth-order valence-electron chi connectivity index (χ4n) is 2.42. The van der Waals surface area contributed by atoms with E-state index < -0.39 is 0 Å². The van der Waals surface area contributed by atoms with Crippen LogP contribution in [-0.2, 0) is 11.2 Å². The summed E-state index contributed by atoms with van der Waals surface area (Å²) in [6.45, 7) is 3.11. The van der Waals surface area contributed by atoms with E-state index >= 15 is 0 Å². The van der Waals surface area contributed by atoms with Gasteiger partial charge in [0.1, 0.15) is 5.75 Å². The summed E-state index contributed by atoms with van der Waals surface area (Å²) in [5, 5.41) is 11.9. The second kappa shape index (κ2) is 10.1. The molecule has 0 saturated heterocycles. The van der Waals surface area contributed by atoms with E-state index in [1.54, 1.807) is 0 Å². The van der Waals surface area contributed by atoms with E-state index in [0.717, 1.165) is 23.3 Å². The van der Waals surface area contributed by atoms with E-state index in [0.29, 0.717) is 29.3 Å². The standard InChI is InChI=1S/C20H20ClN3O3S/c1-2-26-17-9-5-15(6-10-17)19-23-24-20(27-19)28-13-18(25)22-12-11-14-3-7-16(21)8-4-14/h3-10H,2,11-13H2,1H3,(H,22,25). The zero-order valence-electron chi connectivity index (χ0n) is 15.4. The molecule has 1 amide bonds. The Morgan fingerprint density at radius 1 is 1.14 bits per heavy atom. The monoisotopic (exact) mass is 417 g/mol. The number of aromatic nitrogens is 2. The number of nitrogens with one attached hydrogen (secondary N) is 1. The smallest absolute Gasteiger partial charge is 0.277 e. The molecule has 0 unspecified atom stereocenters. The van der Waals surface area contributed by atoms with Crippen molar-refractivity contribution in [1.29, 1.82) is 0 Å². The van der Waals surface area contributed by atoms with Crippen LogP contribution in [0.5, 0.6) is 5.75 Å². The van der Waals surface area contributed by atoms with Crippen LogP contribution in [0.2, 0.25) is 5.02 Å². The van der Waals surface area contributed by atoms with Gasteiger partial charge in [0.15, 0.2) is 0 Å². The first-order valence-corrected chi connectivity index (χ1v) is 10.2. The van der Waals surface area contributed by atoms with E-state index in [1.165, 1.54) is 11.8 Å². The Balaban J connectivity index is 1.43. The van der Waals surface area contributed by atoms with Crippen molar-refractivity contribution in [2.24, 2.45) is 0 Å². The zero-order valence-corrected chi connectivity index (χ0v) is 16.9. The highest BCUT2D eigenvalue weighted by Crippen LogP contribution is 2.24. The minimum atomic E-state index is -0.0835. The molecule has 0 spiro atoms. The van der Waals surface area contributed by atoms with Gasteiger partial charge in [-0.15, -0.1) is 10.2 Å². The number of thioether (sulfide) groups is 1. The second-order valence-corrected chi connectivity index (χ2v) is 7.21. The molecule has 0 bridgehead atoms. The van der Waals surface area contributed by atoms with Crippen LogP contribution in [0.15, 0.2) is 58.2 Å². The Morgan fingerprint density at radius 3 is 2.61 bits per heavy atom. The minimum absolute atomic E-state index is 0.0835. The number of nitrogens with zero attached hydrogens (tertiary/aromatic N) is 2. The lowest BCUT2D eigenvalue weighted by atomic mass is 10.1. The van der Waals surface area contributed by atoms with Gasteiger partial charge in [0, 0.05) is 17.1 Å². The van der Waals surface area contributed by atoms with Crippen molar-refractivity contribution in [2.45, 2.75) is 18.6 Å². The van der Waals surface area contributed by atoms with Crippen LogP contribution in [-0.4, -0.2) is 35.0 Å². The maximum absolute atomic E-state index is 12.0.